The minimum Gasteiger partial charge on any atom is -0.396 e. The molecular weight excluding hydrogens is 240 g/mol. The molecule has 2 aliphatic carbocycles. The number of amides is 1. The summed E-state index contributed by atoms with van der Waals surface area (Å²) in [5.74, 6) is 0.310. The molecule has 2 saturated carbocycles. The molecule has 1 amide bonds. The maximum absolute atomic E-state index is 12.2. The van der Waals surface area contributed by atoms with Gasteiger partial charge in [-0.15, -0.1) is 0 Å². The molecular formula is C15H28N2O2. The molecule has 0 aromatic heterocycles. The van der Waals surface area contributed by atoms with Crippen LogP contribution in [0.4, 0.5) is 0 Å². The number of nitrogens with two attached hydrogens (primary N) is 1. The van der Waals surface area contributed by atoms with Crippen molar-refractivity contribution in [2.24, 2.45) is 17.1 Å². The Morgan fingerprint density at radius 3 is 2.37 bits per heavy atom. The van der Waals surface area contributed by atoms with Gasteiger partial charge in [-0.3, -0.25) is 4.79 Å². The molecule has 0 spiro atoms. The Morgan fingerprint density at radius 2 is 1.79 bits per heavy atom. The van der Waals surface area contributed by atoms with Gasteiger partial charge in [-0.1, -0.05) is 19.3 Å². The molecule has 0 aliphatic heterocycles. The standard InChI is InChI=1S/C15H28N2O2/c16-13-6-4-12(5-7-13)14(19)17-10-15(11-18)8-2-1-3-9-15/h12-13,18H,1-11,16H2,(H,17,19). The number of carbonyl (C=O) groups excluding carboxylic acids is 1. The SMILES string of the molecule is NC1CCC(C(=O)NCC2(CO)CCCCC2)CC1. The summed E-state index contributed by atoms with van der Waals surface area (Å²) < 4.78 is 0. The van der Waals surface area contributed by atoms with Crippen LogP contribution in [0.5, 0.6) is 0 Å². The summed E-state index contributed by atoms with van der Waals surface area (Å²) >= 11 is 0. The van der Waals surface area contributed by atoms with E-state index in [-0.39, 0.29) is 29.9 Å². The van der Waals surface area contributed by atoms with Crippen LogP contribution >= 0.6 is 0 Å². The Morgan fingerprint density at radius 1 is 1.16 bits per heavy atom. The normalized spacial score (nSPS) is 30.8. The van der Waals surface area contributed by atoms with Gasteiger partial charge in [-0.2, -0.15) is 0 Å². The van der Waals surface area contributed by atoms with E-state index in [2.05, 4.69) is 5.32 Å². The fourth-order valence-electron chi connectivity index (χ4n) is 3.49. The van der Waals surface area contributed by atoms with Crippen molar-refractivity contribution in [1.82, 2.24) is 5.32 Å². The van der Waals surface area contributed by atoms with Crippen molar-refractivity contribution in [2.45, 2.75) is 63.8 Å². The number of aliphatic hydroxyl groups is 1. The number of aliphatic hydroxyl groups excluding tert-OH is 1. The Balaban J connectivity index is 1.78. The lowest BCUT2D eigenvalue weighted by atomic mass is 9.74. The molecule has 0 radical (unpaired) electrons. The highest BCUT2D eigenvalue weighted by molar-refractivity contribution is 5.78. The number of hydrogen-bond donors (Lipinski definition) is 3. The van der Waals surface area contributed by atoms with Crippen LogP contribution in [-0.4, -0.2) is 30.2 Å². The fourth-order valence-corrected chi connectivity index (χ4v) is 3.49. The molecule has 2 rings (SSSR count). The Kier molecular flexibility index (Phi) is 5.22. The molecule has 4 heteroatoms. The van der Waals surface area contributed by atoms with Gasteiger partial charge in [0.05, 0.1) is 6.61 Å². The first-order valence-electron chi connectivity index (χ1n) is 7.79. The van der Waals surface area contributed by atoms with Gasteiger partial charge in [0, 0.05) is 23.9 Å². The lowest BCUT2D eigenvalue weighted by molar-refractivity contribution is -0.126. The van der Waals surface area contributed by atoms with E-state index < -0.39 is 0 Å². The highest BCUT2D eigenvalue weighted by atomic mass is 16.3. The van der Waals surface area contributed by atoms with Gasteiger partial charge in [0.1, 0.15) is 0 Å². The van der Waals surface area contributed by atoms with Crippen LogP contribution in [-0.2, 0) is 4.79 Å². The zero-order valence-corrected chi connectivity index (χ0v) is 11.9. The quantitative estimate of drug-likeness (QED) is 0.724. The molecule has 110 valence electrons. The Labute approximate surface area is 116 Å². The van der Waals surface area contributed by atoms with Gasteiger partial charge in [0.15, 0.2) is 0 Å². The van der Waals surface area contributed by atoms with E-state index in [0.29, 0.717) is 6.54 Å². The third-order valence-electron chi connectivity index (χ3n) is 5.03. The van der Waals surface area contributed by atoms with Crippen LogP contribution < -0.4 is 11.1 Å². The summed E-state index contributed by atoms with van der Waals surface area (Å²) in [5.41, 5.74) is 5.81. The Hall–Kier alpha value is -0.610. The second-order valence-corrected chi connectivity index (χ2v) is 6.55. The maximum Gasteiger partial charge on any atom is 0.223 e. The monoisotopic (exact) mass is 268 g/mol. The van der Waals surface area contributed by atoms with Crippen molar-refractivity contribution in [1.29, 1.82) is 0 Å². The number of nitrogens with one attached hydrogen (secondary N) is 1. The highest BCUT2D eigenvalue weighted by Crippen LogP contribution is 2.35. The van der Waals surface area contributed by atoms with Crippen LogP contribution in [0, 0.1) is 11.3 Å². The summed E-state index contributed by atoms with van der Waals surface area (Å²) in [6.07, 6.45) is 9.45. The summed E-state index contributed by atoms with van der Waals surface area (Å²) in [6.45, 7) is 0.841. The molecule has 4 nitrogen and oxygen atoms in total. The first-order valence-corrected chi connectivity index (χ1v) is 7.79. The fraction of sp³-hybridized carbons (Fsp3) is 0.933. The van der Waals surface area contributed by atoms with E-state index in [1.807, 2.05) is 0 Å². The van der Waals surface area contributed by atoms with Crippen LogP contribution in [0.2, 0.25) is 0 Å². The topological polar surface area (TPSA) is 75.4 Å². The van der Waals surface area contributed by atoms with Crippen molar-refractivity contribution in [3.63, 3.8) is 0 Å². The maximum atomic E-state index is 12.2. The van der Waals surface area contributed by atoms with Crippen molar-refractivity contribution in [3.05, 3.63) is 0 Å². The van der Waals surface area contributed by atoms with Gasteiger partial charge < -0.3 is 16.2 Å². The third-order valence-corrected chi connectivity index (χ3v) is 5.03. The minimum atomic E-state index is -0.0566. The van der Waals surface area contributed by atoms with E-state index in [1.54, 1.807) is 0 Å². The predicted octanol–water partition coefficient (Wildman–Crippen LogP) is 1.56. The van der Waals surface area contributed by atoms with Crippen molar-refractivity contribution >= 4 is 5.91 Å². The largest absolute Gasteiger partial charge is 0.396 e. The molecule has 0 unspecified atom stereocenters. The predicted molar refractivity (Wildman–Crippen MR) is 75.5 cm³/mol. The minimum absolute atomic E-state index is 0.0566. The van der Waals surface area contributed by atoms with Crippen LogP contribution in [0.25, 0.3) is 0 Å². The summed E-state index contributed by atoms with van der Waals surface area (Å²) in [4.78, 5) is 12.2. The third kappa shape index (κ3) is 3.93. The summed E-state index contributed by atoms with van der Waals surface area (Å²) in [5, 5.41) is 12.7. The van der Waals surface area contributed by atoms with E-state index >= 15 is 0 Å². The average Bonchev–Trinajstić information content (AvgIpc) is 2.46. The summed E-state index contributed by atoms with van der Waals surface area (Å²) in [6, 6.07) is 0.283. The number of hydrogen-bond acceptors (Lipinski definition) is 3. The molecule has 0 aromatic rings. The van der Waals surface area contributed by atoms with Gasteiger partial charge in [0.25, 0.3) is 0 Å². The second-order valence-electron chi connectivity index (χ2n) is 6.55. The number of carbonyl (C=O) groups is 1. The first-order chi connectivity index (χ1) is 9.15. The molecule has 0 saturated heterocycles. The van der Waals surface area contributed by atoms with Crippen molar-refractivity contribution in [3.8, 4) is 0 Å². The molecule has 0 atom stereocenters. The van der Waals surface area contributed by atoms with Gasteiger partial charge in [0.2, 0.25) is 5.91 Å². The number of rotatable bonds is 4. The van der Waals surface area contributed by atoms with Gasteiger partial charge in [-0.25, -0.2) is 0 Å². The zero-order chi connectivity index (χ0) is 13.7. The average molecular weight is 268 g/mol. The van der Waals surface area contributed by atoms with Gasteiger partial charge in [-0.05, 0) is 38.5 Å². The van der Waals surface area contributed by atoms with Crippen molar-refractivity contribution in [2.75, 3.05) is 13.2 Å². The molecule has 2 fully saturated rings. The van der Waals surface area contributed by atoms with Gasteiger partial charge >= 0.3 is 0 Å². The molecule has 19 heavy (non-hydrogen) atoms. The molecule has 2 aliphatic rings. The van der Waals surface area contributed by atoms with Crippen LogP contribution in [0.3, 0.4) is 0 Å². The van der Waals surface area contributed by atoms with Crippen molar-refractivity contribution < 1.29 is 9.90 Å². The molecule has 4 N–H and O–H groups in total. The Bertz CT molecular complexity index is 293. The smallest absolute Gasteiger partial charge is 0.223 e. The van der Waals surface area contributed by atoms with E-state index in [1.165, 1.54) is 19.3 Å². The summed E-state index contributed by atoms with van der Waals surface area (Å²) in [7, 11) is 0. The zero-order valence-electron chi connectivity index (χ0n) is 11.9. The highest BCUT2D eigenvalue weighted by Gasteiger charge is 2.33. The lowest BCUT2D eigenvalue weighted by Gasteiger charge is -2.36. The lowest BCUT2D eigenvalue weighted by Crippen LogP contribution is -2.44. The van der Waals surface area contributed by atoms with E-state index in [9.17, 15) is 9.90 Å². The van der Waals surface area contributed by atoms with Crippen LogP contribution in [0.1, 0.15) is 57.8 Å². The van der Waals surface area contributed by atoms with E-state index in [0.717, 1.165) is 38.5 Å². The molecule has 0 aromatic carbocycles. The van der Waals surface area contributed by atoms with E-state index in [4.69, 9.17) is 5.73 Å². The van der Waals surface area contributed by atoms with Crippen LogP contribution in [0.15, 0.2) is 0 Å². The second kappa shape index (κ2) is 6.71. The molecule has 0 heterocycles. The first kappa shape index (κ1) is 14.8. The molecule has 0 bridgehead atoms.